The maximum absolute atomic E-state index is 9.15. The monoisotopic (exact) mass is 165 g/mol. The average molecular weight is 165 g/mol. The Morgan fingerprint density at radius 1 is 1.58 bits per heavy atom. The van der Waals surface area contributed by atoms with Crippen LogP contribution in [0.5, 0.6) is 0 Å². The molecule has 1 fully saturated rings. The Balaban J connectivity index is 2.68. The zero-order chi connectivity index (χ0) is 9.19. The predicted molar refractivity (Wildman–Crippen MR) is 50.5 cm³/mol. The van der Waals surface area contributed by atoms with Crippen molar-refractivity contribution in [3.63, 3.8) is 0 Å². The summed E-state index contributed by atoms with van der Waals surface area (Å²) in [4.78, 5) is 0. The number of nitrogens with zero attached hydrogens (tertiary/aromatic N) is 1. The second-order valence-corrected chi connectivity index (χ2v) is 4.44. The third-order valence-electron chi connectivity index (χ3n) is 3.56. The minimum atomic E-state index is 0.0146. The van der Waals surface area contributed by atoms with Crippen LogP contribution in [0.4, 0.5) is 0 Å². The van der Waals surface area contributed by atoms with Gasteiger partial charge in [0.05, 0.1) is 11.5 Å². The van der Waals surface area contributed by atoms with E-state index in [2.05, 4.69) is 26.8 Å². The molecule has 12 heavy (non-hydrogen) atoms. The molecule has 1 heteroatoms. The lowest BCUT2D eigenvalue weighted by molar-refractivity contribution is 0.273. The Morgan fingerprint density at radius 2 is 2.25 bits per heavy atom. The van der Waals surface area contributed by atoms with Crippen molar-refractivity contribution < 1.29 is 0 Å². The van der Waals surface area contributed by atoms with E-state index in [1.165, 1.54) is 12.8 Å². The fourth-order valence-corrected chi connectivity index (χ4v) is 2.28. The molecule has 0 saturated heterocycles. The Morgan fingerprint density at radius 3 is 2.50 bits per heavy atom. The highest BCUT2D eigenvalue weighted by atomic mass is 14.5. The summed E-state index contributed by atoms with van der Waals surface area (Å²) < 4.78 is 0. The summed E-state index contributed by atoms with van der Waals surface area (Å²) in [5.74, 6) is 1.34. The summed E-state index contributed by atoms with van der Waals surface area (Å²) in [5, 5.41) is 9.15. The van der Waals surface area contributed by atoms with E-state index in [1.807, 2.05) is 0 Å². The van der Waals surface area contributed by atoms with Crippen LogP contribution in [0, 0.1) is 28.6 Å². The van der Waals surface area contributed by atoms with E-state index in [4.69, 9.17) is 5.26 Å². The van der Waals surface area contributed by atoms with Crippen LogP contribution in [0.25, 0.3) is 0 Å². The first-order chi connectivity index (χ1) is 5.64. The molecule has 0 bridgehead atoms. The number of hydrogen-bond donors (Lipinski definition) is 0. The third kappa shape index (κ3) is 1.48. The van der Waals surface area contributed by atoms with Crippen LogP contribution in [0.3, 0.4) is 0 Å². The van der Waals surface area contributed by atoms with Gasteiger partial charge in [0.1, 0.15) is 0 Å². The Labute approximate surface area is 75.8 Å². The summed E-state index contributed by atoms with van der Waals surface area (Å²) in [5.41, 5.74) is 0.0146. The highest BCUT2D eigenvalue weighted by Gasteiger charge is 2.40. The maximum Gasteiger partial charge on any atom is 0.0692 e. The molecule has 0 spiro atoms. The SMILES string of the molecule is CCC1CCC(C#N)(C(C)C)C1. The van der Waals surface area contributed by atoms with Crippen LogP contribution in [0.15, 0.2) is 0 Å². The molecule has 2 atom stereocenters. The highest BCUT2D eigenvalue weighted by Crippen LogP contribution is 2.47. The Hall–Kier alpha value is -0.510. The van der Waals surface area contributed by atoms with Gasteiger partial charge in [0.2, 0.25) is 0 Å². The largest absolute Gasteiger partial charge is 0.198 e. The summed E-state index contributed by atoms with van der Waals surface area (Å²) in [7, 11) is 0. The van der Waals surface area contributed by atoms with Crippen LogP contribution in [-0.2, 0) is 0 Å². The van der Waals surface area contributed by atoms with Gasteiger partial charge in [0.15, 0.2) is 0 Å². The molecule has 0 heterocycles. The van der Waals surface area contributed by atoms with Crippen LogP contribution < -0.4 is 0 Å². The standard InChI is InChI=1S/C11H19N/c1-4-10-5-6-11(7-10,8-12)9(2)3/h9-10H,4-7H2,1-3H3. The van der Waals surface area contributed by atoms with Crippen molar-refractivity contribution in [2.24, 2.45) is 17.3 Å². The van der Waals surface area contributed by atoms with Gasteiger partial charge in [-0.3, -0.25) is 0 Å². The lowest BCUT2D eigenvalue weighted by atomic mass is 9.76. The van der Waals surface area contributed by atoms with Crippen LogP contribution in [0.2, 0.25) is 0 Å². The van der Waals surface area contributed by atoms with Crippen molar-refractivity contribution in [2.45, 2.75) is 46.5 Å². The zero-order valence-corrected chi connectivity index (χ0v) is 8.43. The molecule has 1 nitrogen and oxygen atoms in total. The molecule has 2 unspecified atom stereocenters. The molecule has 1 aliphatic rings. The van der Waals surface area contributed by atoms with E-state index in [1.54, 1.807) is 0 Å². The molecule has 0 aromatic carbocycles. The minimum absolute atomic E-state index is 0.0146. The first-order valence-electron chi connectivity index (χ1n) is 5.06. The topological polar surface area (TPSA) is 23.8 Å². The average Bonchev–Trinajstić information content (AvgIpc) is 2.48. The lowest BCUT2D eigenvalue weighted by Gasteiger charge is -2.25. The molecule has 1 aliphatic carbocycles. The predicted octanol–water partition coefficient (Wildman–Crippen LogP) is 3.36. The molecule has 0 aromatic rings. The molecule has 1 rings (SSSR count). The quantitative estimate of drug-likeness (QED) is 0.615. The molecule has 0 aromatic heterocycles. The summed E-state index contributed by atoms with van der Waals surface area (Å²) >= 11 is 0. The summed E-state index contributed by atoms with van der Waals surface area (Å²) in [6, 6.07) is 2.54. The van der Waals surface area contributed by atoms with Crippen molar-refractivity contribution in [3.8, 4) is 6.07 Å². The van der Waals surface area contributed by atoms with Gasteiger partial charge in [0, 0.05) is 0 Å². The lowest BCUT2D eigenvalue weighted by Crippen LogP contribution is -2.21. The summed E-state index contributed by atoms with van der Waals surface area (Å²) in [6.45, 7) is 6.60. The van der Waals surface area contributed by atoms with Crippen molar-refractivity contribution >= 4 is 0 Å². The fourth-order valence-electron chi connectivity index (χ4n) is 2.28. The minimum Gasteiger partial charge on any atom is -0.198 e. The van der Waals surface area contributed by atoms with Crippen LogP contribution >= 0.6 is 0 Å². The second kappa shape index (κ2) is 3.47. The smallest absolute Gasteiger partial charge is 0.0692 e. The van der Waals surface area contributed by atoms with Gasteiger partial charge in [-0.05, 0) is 31.1 Å². The fraction of sp³-hybridized carbons (Fsp3) is 0.909. The van der Waals surface area contributed by atoms with Gasteiger partial charge in [-0.15, -0.1) is 0 Å². The van der Waals surface area contributed by atoms with Gasteiger partial charge < -0.3 is 0 Å². The van der Waals surface area contributed by atoms with Crippen LogP contribution in [-0.4, -0.2) is 0 Å². The van der Waals surface area contributed by atoms with E-state index in [0.29, 0.717) is 5.92 Å². The van der Waals surface area contributed by atoms with E-state index < -0.39 is 0 Å². The van der Waals surface area contributed by atoms with Crippen molar-refractivity contribution in [1.29, 1.82) is 5.26 Å². The first-order valence-corrected chi connectivity index (χ1v) is 5.06. The van der Waals surface area contributed by atoms with Gasteiger partial charge in [-0.1, -0.05) is 27.2 Å². The van der Waals surface area contributed by atoms with Crippen molar-refractivity contribution in [2.75, 3.05) is 0 Å². The van der Waals surface area contributed by atoms with Gasteiger partial charge >= 0.3 is 0 Å². The molecule has 1 saturated carbocycles. The van der Waals surface area contributed by atoms with Crippen molar-refractivity contribution in [3.05, 3.63) is 0 Å². The zero-order valence-electron chi connectivity index (χ0n) is 8.43. The van der Waals surface area contributed by atoms with E-state index in [9.17, 15) is 0 Å². The maximum atomic E-state index is 9.15. The molecule has 0 aliphatic heterocycles. The highest BCUT2D eigenvalue weighted by molar-refractivity contribution is 5.05. The second-order valence-electron chi connectivity index (χ2n) is 4.44. The third-order valence-corrected chi connectivity index (χ3v) is 3.56. The normalized spacial score (nSPS) is 35.4. The summed E-state index contributed by atoms with van der Waals surface area (Å²) in [6.07, 6.45) is 4.77. The first kappa shape index (κ1) is 9.58. The Kier molecular flexibility index (Phi) is 2.77. The Bertz CT molecular complexity index is 190. The number of rotatable bonds is 2. The molecular formula is C11H19N. The molecule has 0 N–H and O–H groups in total. The number of hydrogen-bond acceptors (Lipinski definition) is 1. The van der Waals surface area contributed by atoms with E-state index >= 15 is 0 Å². The van der Waals surface area contributed by atoms with E-state index in [-0.39, 0.29) is 5.41 Å². The van der Waals surface area contributed by atoms with Gasteiger partial charge in [-0.2, -0.15) is 5.26 Å². The molecular weight excluding hydrogens is 146 g/mol. The van der Waals surface area contributed by atoms with Gasteiger partial charge in [0.25, 0.3) is 0 Å². The van der Waals surface area contributed by atoms with Crippen molar-refractivity contribution in [1.82, 2.24) is 0 Å². The molecule has 68 valence electrons. The number of nitriles is 1. The van der Waals surface area contributed by atoms with Crippen LogP contribution in [0.1, 0.15) is 46.5 Å². The molecule has 0 amide bonds. The van der Waals surface area contributed by atoms with Gasteiger partial charge in [-0.25, -0.2) is 0 Å². The molecule has 0 radical (unpaired) electrons. The van der Waals surface area contributed by atoms with E-state index in [0.717, 1.165) is 18.8 Å².